The van der Waals surface area contributed by atoms with Crippen molar-refractivity contribution in [2.45, 2.75) is 26.3 Å². The van der Waals surface area contributed by atoms with E-state index in [-0.39, 0.29) is 19.1 Å². The van der Waals surface area contributed by atoms with Gasteiger partial charge in [-0.2, -0.15) is 0 Å². The van der Waals surface area contributed by atoms with Gasteiger partial charge in [-0.15, -0.1) is 0 Å². The molecule has 7 nitrogen and oxygen atoms in total. The summed E-state index contributed by atoms with van der Waals surface area (Å²) in [6.07, 6.45) is 2.52. The third kappa shape index (κ3) is 2.69. The number of nitrogens with zero attached hydrogens (tertiary/aromatic N) is 2. The van der Waals surface area contributed by atoms with Crippen LogP contribution in [-0.4, -0.2) is 40.3 Å². The molecule has 1 unspecified atom stereocenters. The van der Waals surface area contributed by atoms with Crippen molar-refractivity contribution in [3.05, 3.63) is 18.0 Å². The quantitative estimate of drug-likeness (QED) is 0.850. The molecule has 2 amide bonds. The minimum Gasteiger partial charge on any atom is -0.481 e. The molecule has 104 valence electrons. The Balaban J connectivity index is 1.89. The van der Waals surface area contributed by atoms with E-state index in [1.807, 2.05) is 6.92 Å². The summed E-state index contributed by atoms with van der Waals surface area (Å²) < 4.78 is 4.87. The minimum atomic E-state index is -0.833. The number of aliphatic carboxylic acids is 1. The van der Waals surface area contributed by atoms with Gasteiger partial charge in [-0.1, -0.05) is 12.1 Å². The molecule has 0 bridgehead atoms. The standard InChI is InChI=1S/C12H17N3O4/c1-2-12(10(16)17)4-6-15(8-12)11(18)13-7-9-3-5-14-19-9/h3,5H,2,4,6-8H2,1H3,(H,13,18)(H,16,17). The summed E-state index contributed by atoms with van der Waals surface area (Å²) in [5, 5.41) is 15.5. The zero-order valence-electron chi connectivity index (χ0n) is 10.8. The molecule has 2 heterocycles. The molecule has 0 radical (unpaired) electrons. The lowest BCUT2D eigenvalue weighted by Gasteiger charge is -2.23. The van der Waals surface area contributed by atoms with E-state index < -0.39 is 11.4 Å². The van der Waals surface area contributed by atoms with Crippen LogP contribution in [0.3, 0.4) is 0 Å². The van der Waals surface area contributed by atoms with E-state index in [9.17, 15) is 14.7 Å². The van der Waals surface area contributed by atoms with Gasteiger partial charge in [0, 0.05) is 19.2 Å². The highest BCUT2D eigenvalue weighted by atomic mass is 16.5. The SMILES string of the molecule is CCC1(C(=O)O)CCN(C(=O)NCc2ccno2)C1. The Morgan fingerprint density at radius 1 is 1.63 bits per heavy atom. The minimum absolute atomic E-state index is 0.251. The summed E-state index contributed by atoms with van der Waals surface area (Å²) in [5.74, 6) is -0.270. The van der Waals surface area contributed by atoms with Crippen LogP contribution in [-0.2, 0) is 11.3 Å². The molecule has 2 rings (SSSR count). The molecular weight excluding hydrogens is 250 g/mol. The molecule has 1 saturated heterocycles. The summed E-state index contributed by atoms with van der Waals surface area (Å²) in [5.41, 5.74) is -0.802. The van der Waals surface area contributed by atoms with Crippen LogP contribution in [0.5, 0.6) is 0 Å². The second-order valence-corrected chi connectivity index (χ2v) is 4.75. The monoisotopic (exact) mass is 267 g/mol. The Morgan fingerprint density at radius 2 is 2.42 bits per heavy atom. The molecule has 0 aliphatic carbocycles. The molecule has 1 aliphatic heterocycles. The number of urea groups is 1. The van der Waals surface area contributed by atoms with E-state index in [4.69, 9.17) is 4.52 Å². The number of aromatic nitrogens is 1. The van der Waals surface area contributed by atoms with E-state index in [2.05, 4.69) is 10.5 Å². The van der Waals surface area contributed by atoms with Crippen LogP contribution < -0.4 is 5.32 Å². The Labute approximate surface area is 110 Å². The first-order valence-electron chi connectivity index (χ1n) is 6.23. The highest BCUT2D eigenvalue weighted by Gasteiger charge is 2.44. The summed E-state index contributed by atoms with van der Waals surface area (Å²) in [6, 6.07) is 1.39. The number of rotatable bonds is 4. The van der Waals surface area contributed by atoms with Crippen LogP contribution >= 0.6 is 0 Å². The van der Waals surface area contributed by atoms with Gasteiger partial charge < -0.3 is 19.8 Å². The maximum Gasteiger partial charge on any atom is 0.317 e. The van der Waals surface area contributed by atoms with E-state index >= 15 is 0 Å². The van der Waals surface area contributed by atoms with Crippen LogP contribution in [0.1, 0.15) is 25.5 Å². The van der Waals surface area contributed by atoms with Crippen molar-refractivity contribution in [2.24, 2.45) is 5.41 Å². The first kappa shape index (κ1) is 13.4. The molecular formula is C12H17N3O4. The Morgan fingerprint density at radius 3 is 2.95 bits per heavy atom. The molecule has 2 N–H and O–H groups in total. The molecule has 0 saturated carbocycles. The largest absolute Gasteiger partial charge is 0.481 e. The number of hydrogen-bond acceptors (Lipinski definition) is 4. The van der Waals surface area contributed by atoms with Crippen LogP contribution in [0.4, 0.5) is 4.79 Å². The lowest BCUT2D eigenvalue weighted by molar-refractivity contribution is -0.148. The highest BCUT2D eigenvalue weighted by molar-refractivity contribution is 5.79. The van der Waals surface area contributed by atoms with Crippen molar-refractivity contribution in [2.75, 3.05) is 13.1 Å². The third-order valence-corrected chi connectivity index (χ3v) is 3.68. The normalized spacial score (nSPS) is 22.5. The molecule has 7 heteroatoms. The second kappa shape index (κ2) is 5.29. The maximum atomic E-state index is 11.9. The molecule has 1 aromatic rings. The van der Waals surface area contributed by atoms with Gasteiger partial charge in [0.25, 0.3) is 0 Å². The fraction of sp³-hybridized carbons (Fsp3) is 0.583. The molecule has 0 spiro atoms. The summed E-state index contributed by atoms with van der Waals surface area (Å²) >= 11 is 0. The van der Waals surface area contributed by atoms with E-state index in [0.717, 1.165) is 0 Å². The summed E-state index contributed by atoms with van der Waals surface area (Å²) in [4.78, 5) is 24.7. The molecule has 19 heavy (non-hydrogen) atoms. The third-order valence-electron chi connectivity index (χ3n) is 3.68. The van der Waals surface area contributed by atoms with E-state index in [0.29, 0.717) is 25.1 Å². The second-order valence-electron chi connectivity index (χ2n) is 4.75. The fourth-order valence-corrected chi connectivity index (χ4v) is 2.27. The number of carbonyl (C=O) groups is 2. The topological polar surface area (TPSA) is 95.7 Å². The van der Waals surface area contributed by atoms with Crippen LogP contribution in [0.15, 0.2) is 16.8 Å². The van der Waals surface area contributed by atoms with Gasteiger partial charge >= 0.3 is 12.0 Å². The molecule has 1 atom stereocenters. The number of carboxylic acids is 1. The molecule has 1 aliphatic rings. The zero-order chi connectivity index (χ0) is 13.9. The summed E-state index contributed by atoms with van der Waals surface area (Å²) in [6.45, 7) is 2.80. The number of hydrogen-bond donors (Lipinski definition) is 2. The fourth-order valence-electron chi connectivity index (χ4n) is 2.27. The first-order valence-corrected chi connectivity index (χ1v) is 6.23. The average Bonchev–Trinajstić information content (AvgIpc) is 3.05. The molecule has 0 aromatic carbocycles. The van der Waals surface area contributed by atoms with Gasteiger partial charge in [-0.3, -0.25) is 4.79 Å². The Hall–Kier alpha value is -2.05. The van der Waals surface area contributed by atoms with Crippen LogP contribution in [0.2, 0.25) is 0 Å². The predicted molar refractivity (Wildman–Crippen MR) is 65.3 cm³/mol. The van der Waals surface area contributed by atoms with Crippen molar-refractivity contribution < 1.29 is 19.2 Å². The van der Waals surface area contributed by atoms with Gasteiger partial charge in [0.05, 0.1) is 18.2 Å². The predicted octanol–water partition coefficient (Wildman–Crippen LogP) is 1.07. The highest BCUT2D eigenvalue weighted by Crippen LogP contribution is 2.34. The van der Waals surface area contributed by atoms with Crippen LogP contribution in [0, 0.1) is 5.41 Å². The van der Waals surface area contributed by atoms with Gasteiger partial charge in [0.2, 0.25) is 0 Å². The first-order chi connectivity index (χ1) is 9.07. The maximum absolute atomic E-state index is 11.9. The number of carbonyl (C=O) groups excluding carboxylic acids is 1. The molecule has 1 fully saturated rings. The smallest absolute Gasteiger partial charge is 0.317 e. The lowest BCUT2D eigenvalue weighted by Crippen LogP contribution is -2.41. The van der Waals surface area contributed by atoms with Gasteiger partial charge in [0.15, 0.2) is 5.76 Å². The Kier molecular flexibility index (Phi) is 3.73. The molecule has 1 aromatic heterocycles. The van der Waals surface area contributed by atoms with Crippen molar-refractivity contribution in [3.8, 4) is 0 Å². The lowest BCUT2D eigenvalue weighted by atomic mass is 9.84. The van der Waals surface area contributed by atoms with Crippen molar-refractivity contribution >= 4 is 12.0 Å². The van der Waals surface area contributed by atoms with Crippen molar-refractivity contribution in [1.82, 2.24) is 15.4 Å². The Bertz CT molecular complexity index is 460. The number of carboxylic acid groups (broad SMARTS) is 1. The van der Waals surface area contributed by atoms with Gasteiger partial charge in [-0.25, -0.2) is 4.79 Å². The average molecular weight is 267 g/mol. The van der Waals surface area contributed by atoms with Crippen LogP contribution in [0.25, 0.3) is 0 Å². The number of nitrogens with one attached hydrogen (secondary N) is 1. The van der Waals surface area contributed by atoms with E-state index in [1.165, 1.54) is 11.1 Å². The van der Waals surface area contributed by atoms with Gasteiger partial charge in [0.1, 0.15) is 0 Å². The number of likely N-dealkylation sites (tertiary alicyclic amines) is 1. The summed E-state index contributed by atoms with van der Waals surface area (Å²) in [7, 11) is 0. The van der Waals surface area contributed by atoms with Crippen molar-refractivity contribution in [1.29, 1.82) is 0 Å². The van der Waals surface area contributed by atoms with Gasteiger partial charge in [-0.05, 0) is 12.8 Å². The number of amides is 2. The van der Waals surface area contributed by atoms with Crippen molar-refractivity contribution in [3.63, 3.8) is 0 Å². The van der Waals surface area contributed by atoms with E-state index in [1.54, 1.807) is 6.07 Å². The zero-order valence-corrected chi connectivity index (χ0v) is 10.8.